The van der Waals surface area contributed by atoms with Gasteiger partial charge in [-0.25, -0.2) is 8.78 Å². The Morgan fingerprint density at radius 2 is 1.70 bits per heavy atom. The molecule has 0 aliphatic carbocycles. The molecule has 144 valence electrons. The molecule has 0 spiro atoms. The Kier molecular flexibility index (Phi) is 6.14. The van der Waals surface area contributed by atoms with Crippen molar-refractivity contribution < 1.29 is 31.5 Å². The molecular formula is C18H15F5N2O2. The smallest absolute Gasteiger partial charge is 0.368 e. The van der Waals surface area contributed by atoms with Gasteiger partial charge in [-0.05, 0) is 29.3 Å². The summed E-state index contributed by atoms with van der Waals surface area (Å²) in [6, 6.07) is 5.91. The van der Waals surface area contributed by atoms with Crippen molar-refractivity contribution in [3.63, 3.8) is 0 Å². The number of carbonyl (C=O) groups excluding carboxylic acids is 2. The molecule has 0 saturated heterocycles. The van der Waals surface area contributed by atoms with Crippen LogP contribution in [0.2, 0.25) is 0 Å². The predicted molar refractivity (Wildman–Crippen MR) is 86.3 cm³/mol. The number of nitrogens with one attached hydrogen (secondary N) is 1. The van der Waals surface area contributed by atoms with E-state index in [0.717, 1.165) is 24.3 Å². The number of rotatable bonds is 6. The molecule has 0 aromatic heterocycles. The Hall–Kier alpha value is -2.97. The summed E-state index contributed by atoms with van der Waals surface area (Å²) in [4.78, 5) is 23.6. The molecule has 0 unspecified atom stereocenters. The van der Waals surface area contributed by atoms with E-state index in [0.29, 0.717) is 0 Å². The van der Waals surface area contributed by atoms with E-state index in [-0.39, 0.29) is 24.0 Å². The number of benzene rings is 2. The van der Waals surface area contributed by atoms with Crippen LogP contribution in [0.25, 0.3) is 0 Å². The molecule has 0 fully saturated rings. The van der Waals surface area contributed by atoms with Gasteiger partial charge in [0.25, 0.3) is 0 Å². The zero-order valence-corrected chi connectivity index (χ0v) is 13.8. The molecule has 2 amide bonds. The van der Waals surface area contributed by atoms with E-state index in [2.05, 4.69) is 5.32 Å². The Bertz CT molecular complexity index is 852. The van der Waals surface area contributed by atoms with Gasteiger partial charge < -0.3 is 11.1 Å². The SMILES string of the molecule is NC(=O)[C@@H](Cc1cccc(C(F)(F)F)c1)NC(=O)Cc1ccc(F)c(F)c1. The van der Waals surface area contributed by atoms with Crippen molar-refractivity contribution in [2.45, 2.75) is 25.1 Å². The van der Waals surface area contributed by atoms with Crippen molar-refractivity contribution in [2.75, 3.05) is 0 Å². The van der Waals surface area contributed by atoms with Crippen LogP contribution in [0.5, 0.6) is 0 Å². The van der Waals surface area contributed by atoms with Crippen molar-refractivity contribution in [3.05, 3.63) is 70.8 Å². The molecule has 4 nitrogen and oxygen atoms in total. The Morgan fingerprint density at radius 1 is 1.00 bits per heavy atom. The second-order valence-corrected chi connectivity index (χ2v) is 5.85. The van der Waals surface area contributed by atoms with E-state index in [9.17, 15) is 31.5 Å². The molecule has 1 atom stereocenters. The number of amides is 2. The highest BCUT2D eigenvalue weighted by molar-refractivity contribution is 5.87. The van der Waals surface area contributed by atoms with Crippen LogP contribution in [0.4, 0.5) is 22.0 Å². The quantitative estimate of drug-likeness (QED) is 0.750. The van der Waals surface area contributed by atoms with Gasteiger partial charge in [0.1, 0.15) is 6.04 Å². The first kappa shape index (κ1) is 20.3. The second kappa shape index (κ2) is 8.15. The van der Waals surface area contributed by atoms with E-state index in [1.165, 1.54) is 18.2 Å². The summed E-state index contributed by atoms with van der Waals surface area (Å²) in [7, 11) is 0. The number of carbonyl (C=O) groups is 2. The van der Waals surface area contributed by atoms with Crippen molar-refractivity contribution in [1.82, 2.24) is 5.32 Å². The van der Waals surface area contributed by atoms with Gasteiger partial charge in [0, 0.05) is 6.42 Å². The van der Waals surface area contributed by atoms with Gasteiger partial charge in [0.05, 0.1) is 12.0 Å². The summed E-state index contributed by atoms with van der Waals surface area (Å²) in [5.41, 5.74) is 4.63. The minimum atomic E-state index is -4.55. The molecule has 0 aliphatic heterocycles. The van der Waals surface area contributed by atoms with Crippen LogP contribution in [-0.4, -0.2) is 17.9 Å². The number of halogens is 5. The lowest BCUT2D eigenvalue weighted by Crippen LogP contribution is -2.46. The normalized spacial score (nSPS) is 12.5. The average Bonchev–Trinajstić information content (AvgIpc) is 2.57. The number of hydrogen-bond donors (Lipinski definition) is 2. The van der Waals surface area contributed by atoms with E-state index in [1.807, 2.05) is 0 Å². The van der Waals surface area contributed by atoms with Crippen LogP contribution in [0.1, 0.15) is 16.7 Å². The molecular weight excluding hydrogens is 371 g/mol. The van der Waals surface area contributed by atoms with Crippen LogP contribution < -0.4 is 11.1 Å². The lowest BCUT2D eigenvalue weighted by atomic mass is 10.0. The number of nitrogens with two attached hydrogens (primary N) is 1. The number of alkyl halides is 3. The fraction of sp³-hybridized carbons (Fsp3) is 0.222. The van der Waals surface area contributed by atoms with Crippen LogP contribution in [0.15, 0.2) is 42.5 Å². The van der Waals surface area contributed by atoms with Gasteiger partial charge in [0.2, 0.25) is 11.8 Å². The Labute approximate surface area is 151 Å². The third kappa shape index (κ3) is 5.77. The van der Waals surface area contributed by atoms with E-state index in [1.54, 1.807) is 0 Å². The molecule has 2 aromatic rings. The van der Waals surface area contributed by atoms with E-state index < -0.39 is 41.2 Å². The van der Waals surface area contributed by atoms with Crippen molar-refractivity contribution >= 4 is 11.8 Å². The summed E-state index contributed by atoms with van der Waals surface area (Å²) in [5, 5.41) is 2.29. The van der Waals surface area contributed by atoms with Crippen LogP contribution in [0, 0.1) is 11.6 Å². The monoisotopic (exact) mass is 386 g/mol. The van der Waals surface area contributed by atoms with Gasteiger partial charge in [-0.3, -0.25) is 9.59 Å². The average molecular weight is 386 g/mol. The second-order valence-electron chi connectivity index (χ2n) is 5.85. The molecule has 0 radical (unpaired) electrons. The first-order valence-electron chi connectivity index (χ1n) is 7.75. The molecule has 2 aromatic carbocycles. The summed E-state index contributed by atoms with van der Waals surface area (Å²) in [5.74, 6) is -3.85. The Balaban J connectivity index is 2.08. The maximum absolute atomic E-state index is 13.2. The lowest BCUT2D eigenvalue weighted by molar-refractivity contribution is -0.137. The molecule has 0 heterocycles. The number of primary amides is 1. The van der Waals surface area contributed by atoms with Crippen LogP contribution >= 0.6 is 0 Å². The highest BCUT2D eigenvalue weighted by Crippen LogP contribution is 2.29. The maximum Gasteiger partial charge on any atom is 0.416 e. The molecule has 2 rings (SSSR count). The van der Waals surface area contributed by atoms with Gasteiger partial charge in [0.15, 0.2) is 11.6 Å². The molecule has 9 heteroatoms. The Morgan fingerprint density at radius 3 is 2.30 bits per heavy atom. The zero-order chi connectivity index (χ0) is 20.2. The molecule has 3 N–H and O–H groups in total. The van der Waals surface area contributed by atoms with Gasteiger partial charge in [-0.2, -0.15) is 13.2 Å². The first-order valence-corrected chi connectivity index (χ1v) is 7.75. The first-order chi connectivity index (χ1) is 12.6. The zero-order valence-electron chi connectivity index (χ0n) is 13.8. The summed E-state index contributed by atoms with van der Waals surface area (Å²) < 4.78 is 64.3. The van der Waals surface area contributed by atoms with Gasteiger partial charge >= 0.3 is 6.18 Å². The van der Waals surface area contributed by atoms with Crippen molar-refractivity contribution in [3.8, 4) is 0 Å². The fourth-order valence-electron chi connectivity index (χ4n) is 2.41. The van der Waals surface area contributed by atoms with Gasteiger partial charge in [-0.15, -0.1) is 0 Å². The summed E-state index contributed by atoms with van der Waals surface area (Å²) >= 11 is 0. The highest BCUT2D eigenvalue weighted by Gasteiger charge is 2.30. The summed E-state index contributed by atoms with van der Waals surface area (Å²) in [6.07, 6.45) is -5.15. The minimum absolute atomic E-state index is 0.154. The van der Waals surface area contributed by atoms with Crippen LogP contribution in [0.3, 0.4) is 0 Å². The maximum atomic E-state index is 13.2. The number of hydrogen-bond acceptors (Lipinski definition) is 2. The van der Waals surface area contributed by atoms with Crippen molar-refractivity contribution in [2.24, 2.45) is 5.73 Å². The largest absolute Gasteiger partial charge is 0.416 e. The molecule has 0 bridgehead atoms. The highest BCUT2D eigenvalue weighted by atomic mass is 19.4. The predicted octanol–water partition coefficient (Wildman–Crippen LogP) is 2.74. The third-order valence-corrected chi connectivity index (χ3v) is 3.72. The van der Waals surface area contributed by atoms with Crippen molar-refractivity contribution in [1.29, 1.82) is 0 Å². The summed E-state index contributed by atoms with van der Waals surface area (Å²) in [6.45, 7) is 0. The van der Waals surface area contributed by atoms with E-state index in [4.69, 9.17) is 5.73 Å². The standard InChI is InChI=1S/C18H15F5N2O2/c19-13-5-4-11(7-14(13)20)9-16(26)25-15(17(24)27)8-10-2-1-3-12(6-10)18(21,22)23/h1-7,15H,8-9H2,(H2,24,27)(H,25,26)/t15-/m1/s1. The third-order valence-electron chi connectivity index (χ3n) is 3.72. The minimum Gasteiger partial charge on any atom is -0.368 e. The van der Waals surface area contributed by atoms with E-state index >= 15 is 0 Å². The molecule has 27 heavy (non-hydrogen) atoms. The molecule has 0 saturated carbocycles. The van der Waals surface area contributed by atoms with Crippen LogP contribution in [-0.2, 0) is 28.6 Å². The topological polar surface area (TPSA) is 72.2 Å². The lowest BCUT2D eigenvalue weighted by Gasteiger charge is -2.16. The molecule has 0 aliphatic rings. The van der Waals surface area contributed by atoms with Gasteiger partial charge in [-0.1, -0.05) is 24.3 Å². The fourth-order valence-corrected chi connectivity index (χ4v) is 2.41.